The van der Waals surface area contributed by atoms with E-state index in [9.17, 15) is 4.79 Å². The van der Waals surface area contributed by atoms with E-state index in [1.165, 1.54) is 42.6 Å². The molecule has 0 bridgehead atoms. The predicted molar refractivity (Wildman–Crippen MR) is 123 cm³/mol. The molecule has 0 saturated carbocycles. The maximum absolute atomic E-state index is 12.9. The highest BCUT2D eigenvalue weighted by atomic mass is 16.1. The molecule has 4 rings (SSSR count). The van der Waals surface area contributed by atoms with E-state index < -0.39 is 0 Å². The molecule has 0 unspecified atom stereocenters. The molecule has 0 aliphatic carbocycles. The van der Waals surface area contributed by atoms with Crippen molar-refractivity contribution in [3.8, 4) is 0 Å². The molecule has 0 radical (unpaired) electrons. The van der Waals surface area contributed by atoms with E-state index in [1.54, 1.807) is 4.90 Å². The number of carbonyl (C=O) groups is 1. The van der Waals surface area contributed by atoms with E-state index in [-0.39, 0.29) is 5.91 Å². The molecule has 2 aromatic carbocycles. The van der Waals surface area contributed by atoms with Crippen LogP contribution in [0.25, 0.3) is 0 Å². The molecule has 1 saturated heterocycles. The number of likely N-dealkylation sites (tertiary alicyclic amines) is 1. The van der Waals surface area contributed by atoms with Crippen molar-refractivity contribution >= 4 is 5.91 Å². The lowest BCUT2D eigenvalue weighted by atomic mass is 10.1. The molecule has 1 fully saturated rings. The normalized spacial score (nSPS) is 14.2. The number of amides is 1. The number of rotatable bonds is 7. The molecule has 1 aliphatic heterocycles. The van der Waals surface area contributed by atoms with E-state index in [1.807, 2.05) is 18.5 Å². The van der Waals surface area contributed by atoms with Gasteiger partial charge in [-0.3, -0.25) is 9.48 Å². The number of benzene rings is 2. The van der Waals surface area contributed by atoms with Crippen LogP contribution < -0.4 is 10.2 Å². The summed E-state index contributed by atoms with van der Waals surface area (Å²) in [4.78, 5) is 14.6. The number of quaternary nitrogens is 1. The number of aryl methyl sites for hydroxylation is 2. The second kappa shape index (κ2) is 9.48. The fourth-order valence-electron chi connectivity index (χ4n) is 4.43. The van der Waals surface area contributed by atoms with Crippen molar-refractivity contribution in [3.05, 3.63) is 87.7 Å². The van der Waals surface area contributed by atoms with E-state index >= 15 is 0 Å². The second-order valence-corrected chi connectivity index (χ2v) is 8.82. The number of hydrogen-bond donors (Lipinski definition) is 2. The smallest absolute Gasteiger partial charge is 0.255 e. The predicted octanol–water partition coefficient (Wildman–Crippen LogP) is 2.97. The Morgan fingerprint density at radius 2 is 1.55 bits per heavy atom. The van der Waals surface area contributed by atoms with Gasteiger partial charge in [-0.1, -0.05) is 54.1 Å². The third-order valence-electron chi connectivity index (χ3n) is 6.30. The number of nitrogens with zero attached hydrogens (tertiary/aromatic N) is 2. The van der Waals surface area contributed by atoms with Gasteiger partial charge in [0.15, 0.2) is 0 Å². The van der Waals surface area contributed by atoms with Crippen LogP contribution in [-0.2, 0) is 19.6 Å². The molecular formula is C26H33N4O+. The van der Waals surface area contributed by atoms with Crippen molar-refractivity contribution in [2.45, 2.75) is 53.2 Å². The Balaban J connectivity index is 1.37. The summed E-state index contributed by atoms with van der Waals surface area (Å²) < 4.78 is 1.92. The summed E-state index contributed by atoms with van der Waals surface area (Å²) in [6, 6.07) is 17.1. The third kappa shape index (κ3) is 5.23. The summed E-state index contributed by atoms with van der Waals surface area (Å²) in [5, 5.41) is 7.69. The third-order valence-corrected chi connectivity index (χ3v) is 6.30. The van der Waals surface area contributed by atoms with Gasteiger partial charge >= 0.3 is 0 Å². The van der Waals surface area contributed by atoms with Crippen LogP contribution in [0.2, 0.25) is 0 Å². The quantitative estimate of drug-likeness (QED) is 0.621. The Labute approximate surface area is 185 Å². The Kier molecular flexibility index (Phi) is 6.52. The van der Waals surface area contributed by atoms with Crippen molar-refractivity contribution in [2.24, 2.45) is 0 Å². The largest absolute Gasteiger partial charge is 0.348 e. The maximum atomic E-state index is 12.9. The summed E-state index contributed by atoms with van der Waals surface area (Å²) in [6.07, 6.45) is 2.69. The van der Waals surface area contributed by atoms with Crippen LogP contribution in [0.5, 0.6) is 0 Å². The van der Waals surface area contributed by atoms with Gasteiger partial charge in [0.1, 0.15) is 6.54 Å². The molecular weight excluding hydrogens is 384 g/mol. The lowest BCUT2D eigenvalue weighted by molar-refractivity contribution is -0.901. The van der Waals surface area contributed by atoms with Crippen LogP contribution in [0.3, 0.4) is 0 Å². The first kappa shape index (κ1) is 21.3. The summed E-state index contributed by atoms with van der Waals surface area (Å²) in [7, 11) is 0. The first-order chi connectivity index (χ1) is 15.0. The van der Waals surface area contributed by atoms with Gasteiger partial charge in [-0.25, -0.2) is 0 Å². The first-order valence-electron chi connectivity index (χ1n) is 11.3. The topological polar surface area (TPSA) is 51.4 Å². The lowest BCUT2D eigenvalue weighted by Gasteiger charge is -2.12. The summed E-state index contributed by atoms with van der Waals surface area (Å²) >= 11 is 0. The number of aromatic nitrogens is 2. The minimum absolute atomic E-state index is 0.0595. The highest BCUT2D eigenvalue weighted by Gasteiger charge is 2.19. The zero-order valence-corrected chi connectivity index (χ0v) is 18.9. The molecule has 5 heteroatoms. The van der Waals surface area contributed by atoms with Crippen molar-refractivity contribution < 1.29 is 9.69 Å². The van der Waals surface area contributed by atoms with Gasteiger partial charge in [-0.15, -0.1) is 0 Å². The first-order valence-corrected chi connectivity index (χ1v) is 11.3. The van der Waals surface area contributed by atoms with Gasteiger partial charge in [-0.05, 0) is 31.9 Å². The molecule has 162 valence electrons. The van der Waals surface area contributed by atoms with Gasteiger partial charge in [0.2, 0.25) is 0 Å². The molecule has 2 N–H and O–H groups in total. The fourth-order valence-corrected chi connectivity index (χ4v) is 4.43. The van der Waals surface area contributed by atoms with Crippen LogP contribution in [-0.4, -0.2) is 28.8 Å². The molecule has 1 aromatic heterocycles. The maximum Gasteiger partial charge on any atom is 0.255 e. The Morgan fingerprint density at radius 3 is 2.23 bits per heavy atom. The van der Waals surface area contributed by atoms with Crippen LogP contribution in [0.15, 0.2) is 48.5 Å². The summed E-state index contributed by atoms with van der Waals surface area (Å²) in [5.74, 6) is -0.0595. The van der Waals surface area contributed by atoms with Crippen molar-refractivity contribution in [3.63, 3.8) is 0 Å². The molecule has 3 aromatic rings. The lowest BCUT2D eigenvalue weighted by Crippen LogP contribution is -3.08. The highest BCUT2D eigenvalue weighted by Crippen LogP contribution is 2.16. The molecule has 0 atom stereocenters. The Hall–Kier alpha value is -2.92. The van der Waals surface area contributed by atoms with Gasteiger partial charge in [0, 0.05) is 30.6 Å². The zero-order valence-electron chi connectivity index (χ0n) is 18.9. The molecule has 0 spiro atoms. The molecule has 2 heterocycles. The van der Waals surface area contributed by atoms with Crippen LogP contribution in [0, 0.1) is 20.8 Å². The standard InChI is InChI=1S/C26H32N4O/c1-19-6-8-24(9-7-19)18-30-21(3)25(20(2)28-30)26(31)27-16-22-10-12-23(13-11-22)17-29-14-4-5-15-29/h6-13H,4-5,14-18H2,1-3H3,(H,27,31)/p+1. The summed E-state index contributed by atoms with van der Waals surface area (Å²) in [6.45, 7) is 10.8. The number of carbonyl (C=O) groups excluding carboxylic acids is 1. The highest BCUT2D eigenvalue weighted by molar-refractivity contribution is 5.96. The van der Waals surface area contributed by atoms with Crippen molar-refractivity contribution in [1.29, 1.82) is 0 Å². The van der Waals surface area contributed by atoms with Gasteiger partial charge < -0.3 is 10.2 Å². The zero-order chi connectivity index (χ0) is 21.8. The average Bonchev–Trinajstić information content (AvgIpc) is 3.36. The van der Waals surface area contributed by atoms with Gasteiger partial charge in [0.25, 0.3) is 5.91 Å². The number of hydrogen-bond acceptors (Lipinski definition) is 2. The minimum Gasteiger partial charge on any atom is -0.348 e. The number of nitrogens with one attached hydrogen (secondary N) is 2. The van der Waals surface area contributed by atoms with Gasteiger partial charge in [-0.2, -0.15) is 5.10 Å². The molecule has 5 nitrogen and oxygen atoms in total. The van der Waals surface area contributed by atoms with E-state index in [0.29, 0.717) is 18.7 Å². The monoisotopic (exact) mass is 417 g/mol. The average molecular weight is 418 g/mol. The Bertz CT molecular complexity index is 1030. The van der Waals surface area contributed by atoms with Gasteiger partial charge in [0.05, 0.1) is 30.9 Å². The summed E-state index contributed by atoms with van der Waals surface area (Å²) in [5.41, 5.74) is 7.26. The van der Waals surface area contributed by atoms with E-state index in [2.05, 4.69) is 65.9 Å². The second-order valence-electron chi connectivity index (χ2n) is 8.82. The van der Waals surface area contributed by atoms with Crippen LogP contribution >= 0.6 is 0 Å². The Morgan fingerprint density at radius 1 is 0.935 bits per heavy atom. The van der Waals surface area contributed by atoms with E-state index in [0.717, 1.165) is 23.5 Å². The minimum atomic E-state index is -0.0595. The van der Waals surface area contributed by atoms with Crippen molar-refractivity contribution in [1.82, 2.24) is 15.1 Å². The SMILES string of the molecule is Cc1ccc(Cn2nc(C)c(C(=O)NCc3ccc(C[NH+]4CCCC4)cc3)c2C)cc1. The van der Waals surface area contributed by atoms with Crippen molar-refractivity contribution in [2.75, 3.05) is 13.1 Å². The molecule has 1 aliphatic rings. The van der Waals surface area contributed by atoms with Crippen LogP contribution in [0.1, 0.15) is 56.8 Å². The molecule has 31 heavy (non-hydrogen) atoms. The van der Waals surface area contributed by atoms with E-state index in [4.69, 9.17) is 0 Å². The fraction of sp³-hybridized carbons (Fsp3) is 0.385. The molecule has 1 amide bonds. The van der Waals surface area contributed by atoms with Crippen LogP contribution in [0.4, 0.5) is 0 Å².